The zero-order chi connectivity index (χ0) is 19.6. The summed E-state index contributed by atoms with van der Waals surface area (Å²) in [6, 6.07) is 0. The molecule has 1 aliphatic carbocycles. The fourth-order valence-corrected chi connectivity index (χ4v) is 3.68. The molecule has 1 rings (SSSR count). The molecule has 0 unspecified atom stereocenters. The Kier molecular flexibility index (Phi) is 9.62. The minimum absolute atomic E-state index is 0.0122. The summed E-state index contributed by atoms with van der Waals surface area (Å²) in [6.07, 6.45) is 7.99. The number of hydrogen-bond donors (Lipinski definition) is 1. The predicted octanol–water partition coefficient (Wildman–Crippen LogP) is 4.09. The second-order valence-corrected chi connectivity index (χ2v) is 8.83. The van der Waals surface area contributed by atoms with E-state index in [0.29, 0.717) is 31.0 Å². The molecule has 1 saturated carbocycles. The van der Waals surface area contributed by atoms with Gasteiger partial charge in [0.15, 0.2) is 0 Å². The minimum atomic E-state index is -0.156. The number of likely N-dealkylation sites (N-methyl/N-ethyl adjacent to an activating group) is 1. The minimum Gasteiger partial charge on any atom is -0.465 e. The maximum absolute atomic E-state index is 11.6. The van der Waals surface area contributed by atoms with Crippen molar-refractivity contribution in [3.05, 3.63) is 0 Å². The van der Waals surface area contributed by atoms with Crippen LogP contribution in [0.2, 0.25) is 0 Å². The van der Waals surface area contributed by atoms with Crippen LogP contribution in [0.5, 0.6) is 0 Å². The molecule has 2 atom stereocenters. The first-order chi connectivity index (χ1) is 12.2. The molecule has 0 aromatic heterocycles. The highest BCUT2D eigenvalue weighted by molar-refractivity contribution is 5.71. The van der Waals surface area contributed by atoms with Crippen molar-refractivity contribution >= 4 is 12.4 Å². The van der Waals surface area contributed by atoms with E-state index in [1.807, 2.05) is 13.8 Å². The summed E-state index contributed by atoms with van der Waals surface area (Å²) in [4.78, 5) is 22.1. The van der Waals surface area contributed by atoms with E-state index < -0.39 is 0 Å². The summed E-state index contributed by atoms with van der Waals surface area (Å²) >= 11 is 0. The van der Waals surface area contributed by atoms with E-state index in [-0.39, 0.29) is 17.5 Å². The van der Waals surface area contributed by atoms with Crippen LogP contribution in [0.4, 0.5) is 0 Å². The van der Waals surface area contributed by atoms with Crippen LogP contribution >= 0.6 is 0 Å². The van der Waals surface area contributed by atoms with Gasteiger partial charge >= 0.3 is 5.97 Å². The Morgan fingerprint density at radius 1 is 1.12 bits per heavy atom. The summed E-state index contributed by atoms with van der Waals surface area (Å²) < 4.78 is 10.4. The Bertz CT molecular complexity index is 430. The van der Waals surface area contributed by atoms with Gasteiger partial charge in [0.1, 0.15) is 6.10 Å². The standard InChI is InChI=1S/C21H39NO4/c1-6-22-15-19(24)25-14-13-21(5)11-9-20(4,10-12-21)8-7-17(2)18(3)26-16-23/h16-18,22H,6-15H2,1-5H3/t17-,18+,20?,21?/m1/s1. The summed E-state index contributed by atoms with van der Waals surface area (Å²) in [6.45, 7) is 13.0. The molecule has 26 heavy (non-hydrogen) atoms. The quantitative estimate of drug-likeness (QED) is 0.414. The molecule has 0 aromatic carbocycles. The number of carbonyl (C=O) groups is 2. The van der Waals surface area contributed by atoms with Gasteiger partial charge in [-0.3, -0.25) is 9.59 Å². The number of ether oxygens (including phenoxy) is 2. The Balaban J connectivity index is 2.32. The number of esters is 1. The molecule has 0 amide bonds. The van der Waals surface area contributed by atoms with Gasteiger partial charge in [0.2, 0.25) is 0 Å². The summed E-state index contributed by atoms with van der Waals surface area (Å²) in [7, 11) is 0. The predicted molar refractivity (Wildman–Crippen MR) is 104 cm³/mol. The molecule has 0 saturated heterocycles. The Labute approximate surface area is 159 Å². The van der Waals surface area contributed by atoms with Gasteiger partial charge in [-0.1, -0.05) is 27.7 Å². The highest BCUT2D eigenvalue weighted by Crippen LogP contribution is 2.49. The molecule has 0 bridgehead atoms. The SMILES string of the molecule is CCNCC(=O)OCCC1(C)CCC(C)(CC[C@@H](C)[C@H](C)OC=O)CC1. The van der Waals surface area contributed by atoms with Gasteiger partial charge in [0, 0.05) is 0 Å². The molecule has 0 spiro atoms. The lowest BCUT2D eigenvalue weighted by Crippen LogP contribution is -2.33. The highest BCUT2D eigenvalue weighted by atomic mass is 16.5. The largest absolute Gasteiger partial charge is 0.465 e. The van der Waals surface area contributed by atoms with Crippen LogP contribution in [0, 0.1) is 16.7 Å². The average Bonchev–Trinajstić information content (AvgIpc) is 2.61. The fourth-order valence-electron chi connectivity index (χ4n) is 3.68. The molecular formula is C21H39NO4. The molecule has 5 nitrogen and oxygen atoms in total. The molecular weight excluding hydrogens is 330 g/mol. The van der Waals surface area contributed by atoms with Crippen molar-refractivity contribution in [3.8, 4) is 0 Å². The van der Waals surface area contributed by atoms with Gasteiger partial charge in [0.25, 0.3) is 6.47 Å². The van der Waals surface area contributed by atoms with Crippen LogP contribution in [0.1, 0.15) is 79.6 Å². The summed E-state index contributed by atoms with van der Waals surface area (Å²) in [5.41, 5.74) is 0.647. The normalized spacial score (nSPS) is 28.2. The van der Waals surface area contributed by atoms with Crippen molar-refractivity contribution in [1.29, 1.82) is 0 Å². The zero-order valence-corrected chi connectivity index (χ0v) is 17.4. The maximum Gasteiger partial charge on any atom is 0.319 e. The topological polar surface area (TPSA) is 64.6 Å². The molecule has 5 heteroatoms. The van der Waals surface area contributed by atoms with Crippen LogP contribution in [0.25, 0.3) is 0 Å². The van der Waals surface area contributed by atoms with Crippen LogP contribution in [-0.4, -0.2) is 38.2 Å². The van der Waals surface area contributed by atoms with E-state index in [9.17, 15) is 9.59 Å². The lowest BCUT2D eigenvalue weighted by atomic mass is 9.62. The van der Waals surface area contributed by atoms with Gasteiger partial charge < -0.3 is 14.8 Å². The Morgan fingerprint density at radius 2 is 1.69 bits per heavy atom. The highest BCUT2D eigenvalue weighted by Gasteiger charge is 2.37. The van der Waals surface area contributed by atoms with Crippen molar-refractivity contribution in [2.75, 3.05) is 19.7 Å². The van der Waals surface area contributed by atoms with Crippen LogP contribution < -0.4 is 5.32 Å². The van der Waals surface area contributed by atoms with E-state index in [0.717, 1.165) is 19.4 Å². The smallest absolute Gasteiger partial charge is 0.319 e. The van der Waals surface area contributed by atoms with E-state index in [1.165, 1.54) is 32.1 Å². The van der Waals surface area contributed by atoms with Gasteiger partial charge in [-0.15, -0.1) is 0 Å². The monoisotopic (exact) mass is 369 g/mol. The van der Waals surface area contributed by atoms with Crippen molar-refractivity contribution < 1.29 is 19.1 Å². The van der Waals surface area contributed by atoms with Crippen LogP contribution in [0.15, 0.2) is 0 Å². The van der Waals surface area contributed by atoms with Crippen molar-refractivity contribution in [2.45, 2.75) is 85.7 Å². The molecule has 0 heterocycles. The molecule has 0 aromatic rings. The number of nitrogens with one attached hydrogen (secondary N) is 1. The second-order valence-electron chi connectivity index (χ2n) is 8.83. The summed E-state index contributed by atoms with van der Waals surface area (Å²) in [5.74, 6) is 0.234. The average molecular weight is 370 g/mol. The van der Waals surface area contributed by atoms with Gasteiger partial charge in [-0.25, -0.2) is 0 Å². The fraction of sp³-hybridized carbons (Fsp3) is 0.905. The molecule has 0 radical (unpaired) electrons. The van der Waals surface area contributed by atoms with Gasteiger partial charge in [-0.2, -0.15) is 0 Å². The third kappa shape index (κ3) is 8.07. The molecule has 0 aliphatic heterocycles. The first kappa shape index (κ1) is 22.9. The Hall–Kier alpha value is -1.10. The van der Waals surface area contributed by atoms with Crippen LogP contribution in [-0.2, 0) is 19.1 Å². The lowest BCUT2D eigenvalue weighted by molar-refractivity contribution is -0.143. The third-order valence-electron chi connectivity index (χ3n) is 6.43. The summed E-state index contributed by atoms with van der Waals surface area (Å²) in [5, 5.41) is 2.99. The molecule has 1 fully saturated rings. The van der Waals surface area contributed by atoms with Gasteiger partial charge in [-0.05, 0) is 75.2 Å². The molecule has 152 valence electrons. The van der Waals surface area contributed by atoms with E-state index in [2.05, 4.69) is 26.1 Å². The van der Waals surface area contributed by atoms with Crippen LogP contribution in [0.3, 0.4) is 0 Å². The zero-order valence-electron chi connectivity index (χ0n) is 17.4. The van der Waals surface area contributed by atoms with E-state index >= 15 is 0 Å². The first-order valence-corrected chi connectivity index (χ1v) is 10.2. The van der Waals surface area contributed by atoms with E-state index in [4.69, 9.17) is 9.47 Å². The van der Waals surface area contributed by atoms with Crippen molar-refractivity contribution in [1.82, 2.24) is 5.32 Å². The van der Waals surface area contributed by atoms with Crippen molar-refractivity contribution in [3.63, 3.8) is 0 Å². The second kappa shape index (κ2) is 10.9. The van der Waals surface area contributed by atoms with Crippen molar-refractivity contribution in [2.24, 2.45) is 16.7 Å². The molecule has 1 aliphatic rings. The maximum atomic E-state index is 11.6. The van der Waals surface area contributed by atoms with E-state index in [1.54, 1.807) is 0 Å². The number of rotatable bonds is 12. The van der Waals surface area contributed by atoms with Gasteiger partial charge in [0.05, 0.1) is 13.2 Å². The molecule has 1 N–H and O–H groups in total. The lowest BCUT2D eigenvalue weighted by Gasteiger charge is -2.44. The Morgan fingerprint density at radius 3 is 2.23 bits per heavy atom. The first-order valence-electron chi connectivity index (χ1n) is 10.2. The number of carbonyl (C=O) groups excluding carboxylic acids is 2. The number of hydrogen-bond acceptors (Lipinski definition) is 5. The third-order valence-corrected chi connectivity index (χ3v) is 6.43.